The predicted octanol–water partition coefficient (Wildman–Crippen LogP) is 4.86. The minimum atomic E-state index is -2.78. The maximum absolute atomic E-state index is 14.3. The summed E-state index contributed by atoms with van der Waals surface area (Å²) < 4.78 is 84.0. The van der Waals surface area contributed by atoms with Crippen LogP contribution in [0, 0.1) is 11.6 Å². The van der Waals surface area contributed by atoms with Gasteiger partial charge < -0.3 is 53.4 Å². The lowest BCUT2D eigenvalue weighted by Crippen LogP contribution is -2.55. The van der Waals surface area contributed by atoms with Crippen molar-refractivity contribution in [1.29, 1.82) is 0 Å². The average molecular weight is 895 g/mol. The van der Waals surface area contributed by atoms with Crippen molar-refractivity contribution in [3.8, 4) is 0 Å². The summed E-state index contributed by atoms with van der Waals surface area (Å²) in [7, 11) is -1.44. The van der Waals surface area contributed by atoms with Gasteiger partial charge >= 0.3 is 11.8 Å². The van der Waals surface area contributed by atoms with Crippen LogP contribution < -0.4 is 22.3 Å². The van der Waals surface area contributed by atoms with Crippen molar-refractivity contribution in [3.63, 3.8) is 0 Å². The Bertz CT molecular complexity index is 2150. The number of nitrogens with one attached hydrogen (secondary N) is 1. The van der Waals surface area contributed by atoms with E-state index in [1.165, 1.54) is 26.3 Å². The van der Waals surface area contributed by atoms with Crippen LogP contribution in [-0.4, -0.2) is 97.3 Å². The van der Waals surface area contributed by atoms with Crippen molar-refractivity contribution in [2.45, 2.75) is 159 Å². The summed E-state index contributed by atoms with van der Waals surface area (Å²) in [6.45, 7) is 14.5. The Hall–Kier alpha value is -4.51. The Morgan fingerprint density at radius 3 is 2.34 bits per heavy atom. The third-order valence-corrected chi connectivity index (χ3v) is 16.2. The summed E-state index contributed by atoms with van der Waals surface area (Å²) in [5.41, 5.74) is 4.20. The number of carbonyl (C=O) groups excluding carboxylic acids is 3. The van der Waals surface area contributed by atoms with Gasteiger partial charge in [-0.25, -0.2) is 22.9 Å². The standard InChI is InChI=1S/C41H56F2N4O14Si/c1-21(54-39(52)55-23-13-11-10-12-14-23)47-28(48)17-18-46(38(47)51)36-33(61-62(8,9)40(2,3)4)30(53-7)31(57-36)32(34(44)49)58-37-29-26(59-41(5,6)60-29)20-27(56-37)35(50)45-22-15-16-24(42)25(43)19-22/h15-21,23,26,29-33,36-37H,10-14H2,1-9H3,(H2,44,49)(H,45,50)/t21?,26-,29-,30+,31-,32+,33+,36+,37+/m0/s1. The van der Waals surface area contributed by atoms with Crippen LogP contribution >= 0.6 is 0 Å². The molecule has 342 valence electrons. The number of amides is 2. The molecule has 9 atom stereocenters. The zero-order chi connectivity index (χ0) is 45.5. The van der Waals surface area contributed by atoms with Gasteiger partial charge in [-0.2, -0.15) is 0 Å². The molecule has 1 saturated carbocycles. The van der Waals surface area contributed by atoms with Gasteiger partial charge in [-0.15, -0.1) is 0 Å². The van der Waals surface area contributed by atoms with E-state index >= 15 is 0 Å². The summed E-state index contributed by atoms with van der Waals surface area (Å²) in [6.07, 6.45) is -6.64. The quantitative estimate of drug-likeness (QED) is 0.203. The van der Waals surface area contributed by atoms with Crippen LogP contribution in [-0.2, 0) is 51.9 Å². The first-order valence-corrected chi connectivity index (χ1v) is 23.4. The van der Waals surface area contributed by atoms with Gasteiger partial charge in [0.1, 0.15) is 30.5 Å². The number of nitrogens with zero attached hydrogens (tertiary/aromatic N) is 2. The van der Waals surface area contributed by atoms with Gasteiger partial charge in [0.25, 0.3) is 11.5 Å². The highest BCUT2D eigenvalue weighted by Gasteiger charge is 2.57. The Morgan fingerprint density at radius 1 is 1.02 bits per heavy atom. The number of aromatic nitrogens is 2. The summed E-state index contributed by atoms with van der Waals surface area (Å²) in [5, 5.41) is 2.04. The topological polar surface area (TPSA) is 216 Å². The second kappa shape index (κ2) is 18.3. The number of nitrogens with two attached hydrogens (primary N) is 1. The van der Waals surface area contributed by atoms with E-state index in [4.69, 9.17) is 48.1 Å². The van der Waals surface area contributed by atoms with Gasteiger partial charge in [-0.1, -0.05) is 27.2 Å². The van der Waals surface area contributed by atoms with Crippen LogP contribution in [0.15, 0.2) is 51.9 Å². The molecule has 0 spiro atoms. The summed E-state index contributed by atoms with van der Waals surface area (Å²) in [4.78, 5) is 67.4. The number of benzene rings is 1. The van der Waals surface area contributed by atoms with Gasteiger partial charge in [0.05, 0.1) is 0 Å². The third-order valence-electron chi connectivity index (χ3n) is 11.7. The van der Waals surface area contributed by atoms with Gasteiger partial charge in [0, 0.05) is 31.1 Å². The van der Waals surface area contributed by atoms with Crippen molar-refractivity contribution in [2.24, 2.45) is 5.73 Å². The molecule has 1 aromatic heterocycles. The number of rotatable bonds is 13. The molecular formula is C41H56F2N4O14Si. The van der Waals surface area contributed by atoms with E-state index in [0.717, 1.165) is 52.7 Å². The van der Waals surface area contributed by atoms with Crippen LogP contribution in [0.25, 0.3) is 0 Å². The van der Waals surface area contributed by atoms with Crippen molar-refractivity contribution >= 4 is 32.0 Å². The molecule has 4 heterocycles. The molecule has 0 radical (unpaired) electrons. The number of halogens is 2. The predicted molar refractivity (Wildman–Crippen MR) is 217 cm³/mol. The number of hydrogen-bond acceptors (Lipinski definition) is 14. The van der Waals surface area contributed by atoms with Crippen molar-refractivity contribution in [3.05, 3.63) is 74.8 Å². The summed E-state index contributed by atoms with van der Waals surface area (Å²) in [5.74, 6) is -5.87. The van der Waals surface area contributed by atoms with Gasteiger partial charge in [-0.05, 0) is 82.8 Å². The van der Waals surface area contributed by atoms with Crippen LogP contribution in [0.4, 0.5) is 19.3 Å². The Morgan fingerprint density at radius 2 is 1.71 bits per heavy atom. The Kier molecular flexibility index (Phi) is 13.9. The van der Waals surface area contributed by atoms with Crippen molar-refractivity contribution in [1.82, 2.24) is 9.13 Å². The smallest absolute Gasteiger partial charge is 0.456 e. The molecule has 2 amide bonds. The summed E-state index contributed by atoms with van der Waals surface area (Å²) in [6, 6.07) is 3.86. The monoisotopic (exact) mass is 894 g/mol. The van der Waals surface area contributed by atoms with E-state index in [9.17, 15) is 32.8 Å². The fourth-order valence-electron chi connectivity index (χ4n) is 7.61. The maximum Gasteiger partial charge on any atom is 0.510 e. The van der Waals surface area contributed by atoms with E-state index < -0.39 is 115 Å². The molecule has 21 heteroatoms. The second-order valence-corrected chi connectivity index (χ2v) is 22.5. The summed E-state index contributed by atoms with van der Waals surface area (Å²) >= 11 is 0. The third kappa shape index (κ3) is 10.1. The van der Waals surface area contributed by atoms with Gasteiger partial charge in [0.15, 0.2) is 56.2 Å². The molecule has 18 nitrogen and oxygen atoms in total. The van der Waals surface area contributed by atoms with E-state index in [0.29, 0.717) is 12.8 Å². The van der Waals surface area contributed by atoms with Gasteiger partial charge in [0.2, 0.25) is 12.2 Å². The van der Waals surface area contributed by atoms with Crippen molar-refractivity contribution in [2.75, 3.05) is 12.4 Å². The van der Waals surface area contributed by atoms with Crippen LogP contribution in [0.1, 0.15) is 86.1 Å². The van der Waals surface area contributed by atoms with Crippen molar-refractivity contribution < 1.29 is 65.5 Å². The molecule has 1 unspecified atom stereocenters. The molecule has 2 aromatic rings. The SMILES string of the molecule is CO[C@H]1[C@@H](O[Si](C)(C)C(C)(C)C)[C@H](n2ccc(=O)n(C(C)OC(=O)OC3CCCCC3)c2=O)O[C@@H]1[C@@H](O[C@H]1OC(C(=O)Nc2ccc(F)c(F)c2)=C[C@@H]2OC(C)(C)O[C@H]12)C(N)=O. The molecule has 2 saturated heterocycles. The minimum absolute atomic E-state index is 0.0834. The molecule has 6 rings (SSSR count). The second-order valence-electron chi connectivity index (χ2n) is 17.7. The lowest BCUT2D eigenvalue weighted by Gasteiger charge is -2.40. The minimum Gasteiger partial charge on any atom is -0.456 e. The molecule has 3 aliphatic heterocycles. The number of anilines is 1. The fourth-order valence-corrected chi connectivity index (χ4v) is 8.89. The average Bonchev–Trinajstić information content (AvgIpc) is 3.69. The lowest BCUT2D eigenvalue weighted by molar-refractivity contribution is -0.241. The van der Waals surface area contributed by atoms with Crippen LogP contribution in [0.2, 0.25) is 18.1 Å². The van der Waals surface area contributed by atoms with E-state index in [-0.39, 0.29) is 17.6 Å². The highest BCUT2D eigenvalue weighted by atomic mass is 28.4. The van der Waals surface area contributed by atoms with E-state index in [1.807, 2.05) is 33.9 Å². The van der Waals surface area contributed by atoms with Crippen LogP contribution in [0.3, 0.4) is 0 Å². The number of carbonyl (C=O) groups is 3. The molecule has 4 aliphatic rings. The highest BCUT2D eigenvalue weighted by molar-refractivity contribution is 6.74. The van der Waals surface area contributed by atoms with E-state index in [1.54, 1.807) is 13.8 Å². The Balaban J connectivity index is 1.32. The number of ether oxygens (including phenoxy) is 8. The molecule has 3 fully saturated rings. The highest BCUT2D eigenvalue weighted by Crippen LogP contribution is 2.44. The molecular weight excluding hydrogens is 839 g/mol. The maximum atomic E-state index is 14.3. The Labute approximate surface area is 358 Å². The zero-order valence-corrected chi connectivity index (χ0v) is 37.2. The first-order chi connectivity index (χ1) is 29.0. The first-order valence-electron chi connectivity index (χ1n) is 20.5. The van der Waals surface area contributed by atoms with Crippen LogP contribution in [0.5, 0.6) is 0 Å². The lowest BCUT2D eigenvalue weighted by atomic mass is 9.98. The normalized spacial score (nSPS) is 27.3. The molecule has 62 heavy (non-hydrogen) atoms. The number of primary amides is 1. The number of methoxy groups -OCH3 is 1. The molecule has 1 aromatic carbocycles. The van der Waals surface area contributed by atoms with Gasteiger partial charge in [-0.3, -0.25) is 19.0 Å². The first kappa shape index (κ1) is 47.0. The molecule has 0 bridgehead atoms. The largest absolute Gasteiger partial charge is 0.510 e. The molecule has 1 aliphatic carbocycles. The fraction of sp³-hybridized carbons (Fsp3) is 0.634. The number of hydrogen-bond donors (Lipinski definition) is 2. The van der Waals surface area contributed by atoms with E-state index in [2.05, 4.69) is 5.32 Å². The zero-order valence-electron chi connectivity index (χ0n) is 36.2. The number of fused-ring (bicyclic) bond motifs is 1. The molecule has 3 N–H and O–H groups in total.